The predicted molar refractivity (Wildman–Crippen MR) is 93.4 cm³/mol. The minimum atomic E-state index is -4.66. The molecule has 0 aliphatic carbocycles. The van der Waals surface area contributed by atoms with Crippen molar-refractivity contribution in [3.05, 3.63) is 40.4 Å². The lowest BCUT2D eigenvalue weighted by atomic mass is 10.1. The normalized spacial score (nSPS) is 11.9. The predicted octanol–water partition coefficient (Wildman–Crippen LogP) is 3.71. The highest BCUT2D eigenvalue weighted by Gasteiger charge is 2.33. The van der Waals surface area contributed by atoms with Crippen molar-refractivity contribution in [3.63, 3.8) is 0 Å². The number of para-hydroxylation sites is 1. The van der Waals surface area contributed by atoms with E-state index in [1.807, 2.05) is 0 Å². The number of ether oxygens (including phenoxy) is 2. The molecule has 146 valence electrons. The van der Waals surface area contributed by atoms with Gasteiger partial charge in [0.15, 0.2) is 5.57 Å². The summed E-state index contributed by atoms with van der Waals surface area (Å²) < 4.78 is 49.1. The molecule has 0 aromatic heterocycles. The Labute approximate surface area is 158 Å². The number of carbonyl (C=O) groups is 2. The molecule has 6 nitrogen and oxygen atoms in total. The fourth-order valence-electron chi connectivity index (χ4n) is 1.86. The molecule has 10 heteroatoms. The highest BCUT2D eigenvalue weighted by Crippen LogP contribution is 2.36. The lowest BCUT2D eigenvalue weighted by Gasteiger charge is -2.17. The number of hydrogen-bond donors (Lipinski definition) is 1. The van der Waals surface area contributed by atoms with Gasteiger partial charge in [0.25, 0.3) is 0 Å². The maximum atomic E-state index is 13.2. The number of carbonyl (C=O) groups excluding carboxylic acids is 2. The van der Waals surface area contributed by atoms with E-state index < -0.39 is 29.3 Å². The van der Waals surface area contributed by atoms with Gasteiger partial charge in [0.05, 0.1) is 35.2 Å². The minimum Gasteiger partial charge on any atom is -0.465 e. The molecule has 0 aliphatic heterocycles. The largest absolute Gasteiger partial charge is 0.465 e. The third kappa shape index (κ3) is 6.86. The van der Waals surface area contributed by atoms with Crippen LogP contribution in [0.25, 0.3) is 0 Å². The first kappa shape index (κ1) is 22.4. The maximum absolute atomic E-state index is 13.2. The highest BCUT2D eigenvalue weighted by atomic mass is 32.2. The molecule has 0 fully saturated rings. The summed E-state index contributed by atoms with van der Waals surface area (Å²) in [6.45, 7) is 3.20. The molecule has 0 spiro atoms. The Morgan fingerprint density at radius 2 is 1.81 bits per heavy atom. The first-order chi connectivity index (χ1) is 12.7. The quantitative estimate of drug-likeness (QED) is 0.403. The summed E-state index contributed by atoms with van der Waals surface area (Å²) >= 11 is 0.674. The van der Waals surface area contributed by atoms with Gasteiger partial charge in [-0.25, -0.2) is 4.79 Å². The van der Waals surface area contributed by atoms with Gasteiger partial charge >= 0.3 is 18.1 Å². The fourth-order valence-corrected chi connectivity index (χ4v) is 2.66. The standard InChI is InChI=1S/C17H17F3N2O4S/c1-3-25-14(23)10-27-15(11(9-21)16(24)26-4-2)22-13-8-6-5-7-12(13)17(18,19)20/h5-8,22H,3-4,10H2,1-2H3. The number of halogens is 3. The van der Waals surface area contributed by atoms with E-state index >= 15 is 0 Å². The van der Waals surface area contributed by atoms with Crippen LogP contribution in [0.3, 0.4) is 0 Å². The zero-order chi connectivity index (χ0) is 20.4. The number of nitrogens with one attached hydrogen (secondary N) is 1. The Morgan fingerprint density at radius 1 is 1.19 bits per heavy atom. The van der Waals surface area contributed by atoms with E-state index in [0.29, 0.717) is 11.8 Å². The minimum absolute atomic E-state index is 0.0288. The third-order valence-corrected chi connectivity index (χ3v) is 3.91. The zero-order valence-corrected chi connectivity index (χ0v) is 15.4. The van der Waals surface area contributed by atoms with Crippen LogP contribution in [0.1, 0.15) is 19.4 Å². The number of thioether (sulfide) groups is 1. The van der Waals surface area contributed by atoms with Gasteiger partial charge < -0.3 is 14.8 Å². The number of alkyl halides is 3. The Balaban J connectivity index is 3.29. The van der Waals surface area contributed by atoms with Crippen LogP contribution in [0.4, 0.5) is 18.9 Å². The fraction of sp³-hybridized carbons (Fsp3) is 0.353. The molecular formula is C17H17F3N2O4S. The molecule has 0 aliphatic rings. The van der Waals surface area contributed by atoms with Crippen LogP contribution in [-0.4, -0.2) is 30.9 Å². The van der Waals surface area contributed by atoms with Crippen molar-refractivity contribution in [1.29, 1.82) is 5.26 Å². The van der Waals surface area contributed by atoms with Gasteiger partial charge in [-0.05, 0) is 26.0 Å². The molecule has 1 aromatic rings. The van der Waals surface area contributed by atoms with E-state index in [1.54, 1.807) is 13.0 Å². The molecule has 0 bridgehead atoms. The van der Waals surface area contributed by atoms with E-state index in [1.165, 1.54) is 19.1 Å². The van der Waals surface area contributed by atoms with Crippen LogP contribution in [0.15, 0.2) is 34.9 Å². The molecule has 1 rings (SSSR count). The van der Waals surface area contributed by atoms with Crippen LogP contribution in [-0.2, 0) is 25.2 Å². The van der Waals surface area contributed by atoms with Crippen molar-refractivity contribution in [2.45, 2.75) is 20.0 Å². The van der Waals surface area contributed by atoms with Crippen molar-refractivity contribution in [1.82, 2.24) is 0 Å². The van der Waals surface area contributed by atoms with E-state index in [4.69, 9.17) is 9.47 Å². The number of anilines is 1. The summed E-state index contributed by atoms with van der Waals surface area (Å²) in [5.74, 6) is -1.97. The van der Waals surface area contributed by atoms with Crippen LogP contribution < -0.4 is 5.32 Å². The third-order valence-electron chi connectivity index (χ3n) is 2.94. The lowest BCUT2D eigenvalue weighted by molar-refractivity contribution is -0.140. The Hall–Kier alpha value is -2.67. The summed E-state index contributed by atoms with van der Waals surface area (Å²) in [6.07, 6.45) is -4.66. The van der Waals surface area contributed by atoms with Crippen LogP contribution in [0.5, 0.6) is 0 Å². The zero-order valence-electron chi connectivity index (χ0n) is 14.6. The van der Waals surface area contributed by atoms with Gasteiger partial charge in [0.1, 0.15) is 6.07 Å². The lowest BCUT2D eigenvalue weighted by Crippen LogP contribution is -2.16. The topological polar surface area (TPSA) is 88.4 Å². The molecule has 1 N–H and O–H groups in total. The summed E-state index contributed by atoms with van der Waals surface area (Å²) in [7, 11) is 0. The molecule has 0 radical (unpaired) electrons. The van der Waals surface area contributed by atoms with Crippen molar-refractivity contribution in [3.8, 4) is 6.07 Å². The Bertz CT molecular complexity index is 757. The monoisotopic (exact) mass is 402 g/mol. The molecular weight excluding hydrogens is 385 g/mol. The van der Waals surface area contributed by atoms with Crippen LogP contribution >= 0.6 is 11.8 Å². The van der Waals surface area contributed by atoms with Gasteiger partial charge in [-0.2, -0.15) is 18.4 Å². The van der Waals surface area contributed by atoms with Crippen LogP contribution in [0, 0.1) is 11.3 Å². The summed E-state index contributed by atoms with van der Waals surface area (Å²) in [6, 6.07) is 6.18. The van der Waals surface area contributed by atoms with Crippen molar-refractivity contribution < 1.29 is 32.2 Å². The van der Waals surface area contributed by atoms with Crippen molar-refractivity contribution in [2.75, 3.05) is 24.3 Å². The Kier molecular flexibility index (Phi) is 8.68. The Morgan fingerprint density at radius 3 is 2.37 bits per heavy atom. The second kappa shape index (κ2) is 10.5. The number of rotatable bonds is 8. The molecule has 0 saturated heterocycles. The smallest absolute Gasteiger partial charge is 0.418 e. The molecule has 1 aromatic carbocycles. The maximum Gasteiger partial charge on any atom is 0.418 e. The van der Waals surface area contributed by atoms with Gasteiger partial charge in [-0.3, -0.25) is 4.79 Å². The van der Waals surface area contributed by atoms with Gasteiger partial charge in [-0.15, -0.1) is 0 Å². The van der Waals surface area contributed by atoms with Crippen molar-refractivity contribution >= 4 is 29.4 Å². The number of esters is 2. The molecule has 27 heavy (non-hydrogen) atoms. The molecule has 0 amide bonds. The first-order valence-corrected chi connectivity index (χ1v) is 8.76. The number of nitriles is 1. The van der Waals surface area contributed by atoms with Gasteiger partial charge in [-0.1, -0.05) is 23.9 Å². The van der Waals surface area contributed by atoms with E-state index in [2.05, 4.69) is 5.32 Å². The number of hydrogen-bond acceptors (Lipinski definition) is 7. The molecule has 0 heterocycles. The first-order valence-electron chi connectivity index (χ1n) is 7.77. The molecule has 0 saturated carbocycles. The average molecular weight is 402 g/mol. The SMILES string of the molecule is CCOC(=O)CSC(Nc1ccccc1C(F)(F)F)=C(C#N)C(=O)OCC. The summed E-state index contributed by atoms with van der Waals surface area (Å²) in [4.78, 5) is 23.5. The van der Waals surface area contributed by atoms with Gasteiger partial charge in [0, 0.05) is 0 Å². The number of nitrogens with zero attached hydrogens (tertiary/aromatic N) is 1. The summed E-state index contributed by atoms with van der Waals surface area (Å²) in [5.41, 5.74) is -1.89. The van der Waals surface area contributed by atoms with E-state index in [0.717, 1.165) is 12.1 Å². The molecule has 0 unspecified atom stereocenters. The average Bonchev–Trinajstić information content (AvgIpc) is 2.60. The second-order valence-corrected chi connectivity index (χ2v) is 5.78. The summed E-state index contributed by atoms with van der Waals surface area (Å²) in [5, 5.41) is 11.5. The van der Waals surface area contributed by atoms with Crippen molar-refractivity contribution in [2.24, 2.45) is 0 Å². The van der Waals surface area contributed by atoms with Crippen LogP contribution in [0.2, 0.25) is 0 Å². The molecule has 0 atom stereocenters. The highest BCUT2D eigenvalue weighted by molar-refractivity contribution is 8.03. The number of benzene rings is 1. The van der Waals surface area contributed by atoms with Gasteiger partial charge in [0.2, 0.25) is 0 Å². The van der Waals surface area contributed by atoms with E-state index in [-0.39, 0.29) is 29.7 Å². The second-order valence-electron chi connectivity index (χ2n) is 4.80. The van der Waals surface area contributed by atoms with E-state index in [9.17, 15) is 28.0 Å².